The Morgan fingerprint density at radius 1 is 1.00 bits per heavy atom. The fourth-order valence-corrected chi connectivity index (χ4v) is 5.18. The zero-order chi connectivity index (χ0) is 33.5. The second-order valence-electron chi connectivity index (χ2n) is 10.1. The van der Waals surface area contributed by atoms with Crippen molar-refractivity contribution in [2.45, 2.75) is 56.2 Å². The molecule has 15 nitrogen and oxygen atoms in total. The molecule has 3 unspecified atom stereocenters. The normalized spacial score (nSPS) is 14.1. The highest BCUT2D eigenvalue weighted by molar-refractivity contribution is 7.98. The molecule has 0 aliphatic rings. The van der Waals surface area contributed by atoms with Crippen LogP contribution in [0.4, 0.5) is 0 Å². The molecule has 0 fully saturated rings. The lowest BCUT2D eigenvalue weighted by Crippen LogP contribution is -2.59. The number of thioether (sulfide) groups is 1. The number of aliphatic hydroxyl groups is 1. The molecule has 5 amide bonds. The lowest BCUT2D eigenvalue weighted by molar-refractivity contribution is -0.138. The Labute approximate surface area is 263 Å². The number of carboxylic acid groups (broad SMARTS) is 1. The Morgan fingerprint density at radius 3 is 2.31 bits per heavy atom. The van der Waals surface area contributed by atoms with Crippen LogP contribution < -0.4 is 32.3 Å². The highest BCUT2D eigenvalue weighted by Gasteiger charge is 2.30. The first kappa shape index (κ1) is 36.6. The van der Waals surface area contributed by atoms with E-state index in [1.165, 1.54) is 18.7 Å². The molecule has 16 heteroatoms. The van der Waals surface area contributed by atoms with Crippen molar-refractivity contribution in [2.75, 3.05) is 18.9 Å². The van der Waals surface area contributed by atoms with Crippen LogP contribution in [0.1, 0.15) is 25.8 Å². The topological polar surface area (TPSA) is 245 Å². The second kappa shape index (κ2) is 18.2. The van der Waals surface area contributed by atoms with Gasteiger partial charge in [-0.1, -0.05) is 24.8 Å². The molecule has 0 aliphatic heterocycles. The summed E-state index contributed by atoms with van der Waals surface area (Å²) in [6.45, 7) is 5.07. The van der Waals surface area contributed by atoms with Crippen molar-refractivity contribution < 1.29 is 39.0 Å². The van der Waals surface area contributed by atoms with Crippen LogP contribution in [-0.4, -0.2) is 99.8 Å². The molecule has 244 valence electrons. The Bertz CT molecular complexity index is 1420. The molecule has 2 rings (SSSR count). The van der Waals surface area contributed by atoms with E-state index in [2.05, 4.69) is 38.6 Å². The van der Waals surface area contributed by atoms with Crippen LogP contribution in [-0.2, 0) is 34.5 Å². The summed E-state index contributed by atoms with van der Waals surface area (Å²) in [6.07, 6.45) is 2.92. The van der Waals surface area contributed by atoms with Gasteiger partial charge in [-0.2, -0.15) is 11.8 Å². The third-order valence-electron chi connectivity index (χ3n) is 6.39. The quantitative estimate of drug-likeness (QED) is 0.0812. The number of nitrogens with one attached hydrogen (secondary N) is 6. The van der Waals surface area contributed by atoms with Crippen LogP contribution in [0.2, 0.25) is 0 Å². The summed E-state index contributed by atoms with van der Waals surface area (Å²) in [5.41, 5.74) is 9.84. The lowest BCUT2D eigenvalue weighted by Gasteiger charge is -2.25. The van der Waals surface area contributed by atoms with Gasteiger partial charge in [0.25, 0.3) is 0 Å². The fourth-order valence-electron chi connectivity index (χ4n) is 4.12. The van der Waals surface area contributed by atoms with E-state index in [1.54, 1.807) is 13.0 Å². The molecule has 1 aromatic heterocycles. The number of fused-ring (bicyclic) bond motifs is 1. The number of carbonyl (C=O) groups excluding carboxylic acids is 5. The Balaban J connectivity index is 2.03. The van der Waals surface area contributed by atoms with Gasteiger partial charge in [0.05, 0.1) is 19.1 Å². The number of primary amides is 1. The number of hydrogen-bond donors (Lipinski definition) is 9. The molecule has 1 heterocycles. The van der Waals surface area contributed by atoms with Crippen molar-refractivity contribution >= 4 is 58.2 Å². The SMILES string of the molecule is C=C=CC(C)N[C@@H](CSCc1c[nH]c2ccccc12)C(=O)NC(CO)C(=O)N[C@@H](C)C(=O)NC(CC(N)=O)C(=O)NCC(=O)O. The summed E-state index contributed by atoms with van der Waals surface area (Å²) in [6, 6.07) is 2.54. The number of rotatable bonds is 19. The predicted molar refractivity (Wildman–Crippen MR) is 168 cm³/mol. The summed E-state index contributed by atoms with van der Waals surface area (Å²) in [4.78, 5) is 76.4. The summed E-state index contributed by atoms with van der Waals surface area (Å²) >= 11 is 1.49. The van der Waals surface area contributed by atoms with E-state index in [-0.39, 0.29) is 6.04 Å². The number of aliphatic carboxylic acids is 1. The monoisotopic (exact) mass is 645 g/mol. The molecule has 45 heavy (non-hydrogen) atoms. The molecule has 0 bridgehead atoms. The summed E-state index contributed by atoms with van der Waals surface area (Å²) in [5, 5.41) is 31.9. The fraction of sp³-hybridized carbons (Fsp3) is 0.414. The van der Waals surface area contributed by atoms with Gasteiger partial charge in [-0.05, 0) is 31.6 Å². The number of benzene rings is 1. The van der Waals surface area contributed by atoms with Crippen molar-refractivity contribution in [1.82, 2.24) is 31.6 Å². The maximum absolute atomic E-state index is 13.3. The number of hydrogen-bond acceptors (Lipinski definition) is 9. The summed E-state index contributed by atoms with van der Waals surface area (Å²) in [5.74, 6) is -4.71. The Kier molecular flexibility index (Phi) is 14.8. The van der Waals surface area contributed by atoms with E-state index in [9.17, 15) is 33.9 Å². The number of para-hydroxylation sites is 1. The van der Waals surface area contributed by atoms with Gasteiger partial charge in [-0.3, -0.25) is 34.1 Å². The smallest absolute Gasteiger partial charge is 0.322 e. The summed E-state index contributed by atoms with van der Waals surface area (Å²) < 4.78 is 0. The number of aliphatic hydroxyl groups excluding tert-OH is 1. The molecular formula is C29H39N7O8S. The number of nitrogens with two attached hydrogens (primary N) is 1. The third-order valence-corrected chi connectivity index (χ3v) is 7.47. The number of carbonyl (C=O) groups is 6. The minimum Gasteiger partial charge on any atom is -0.480 e. The first-order chi connectivity index (χ1) is 21.4. The van der Waals surface area contributed by atoms with Crippen LogP contribution in [0.3, 0.4) is 0 Å². The van der Waals surface area contributed by atoms with Crippen molar-refractivity contribution in [3.05, 3.63) is 54.4 Å². The minimum absolute atomic E-state index is 0.293. The van der Waals surface area contributed by atoms with E-state index in [0.29, 0.717) is 11.5 Å². The molecule has 1 aromatic carbocycles. The van der Waals surface area contributed by atoms with Crippen molar-refractivity contribution in [1.29, 1.82) is 0 Å². The van der Waals surface area contributed by atoms with Crippen LogP contribution in [0.5, 0.6) is 0 Å². The number of aromatic nitrogens is 1. The third kappa shape index (κ3) is 12.1. The molecule has 0 saturated heterocycles. The van der Waals surface area contributed by atoms with E-state index in [0.717, 1.165) is 16.5 Å². The Morgan fingerprint density at radius 2 is 1.67 bits per heavy atom. The zero-order valence-corrected chi connectivity index (χ0v) is 25.7. The number of amides is 5. The molecule has 2 aromatic rings. The first-order valence-electron chi connectivity index (χ1n) is 13.9. The summed E-state index contributed by atoms with van der Waals surface area (Å²) in [7, 11) is 0. The largest absolute Gasteiger partial charge is 0.480 e. The van der Waals surface area contributed by atoms with Crippen LogP contribution in [0, 0.1) is 0 Å². The average molecular weight is 646 g/mol. The zero-order valence-electron chi connectivity index (χ0n) is 24.9. The van der Waals surface area contributed by atoms with Gasteiger partial charge < -0.3 is 42.2 Å². The minimum atomic E-state index is -1.50. The van der Waals surface area contributed by atoms with Gasteiger partial charge >= 0.3 is 5.97 Å². The lowest BCUT2D eigenvalue weighted by atomic mass is 10.1. The van der Waals surface area contributed by atoms with Crippen molar-refractivity contribution in [3.63, 3.8) is 0 Å². The van der Waals surface area contributed by atoms with Gasteiger partial charge in [0, 0.05) is 34.6 Å². The number of aromatic amines is 1. The van der Waals surface area contributed by atoms with Crippen LogP contribution in [0.25, 0.3) is 10.9 Å². The van der Waals surface area contributed by atoms with E-state index >= 15 is 0 Å². The van der Waals surface area contributed by atoms with Gasteiger partial charge in [0.2, 0.25) is 29.5 Å². The van der Waals surface area contributed by atoms with Gasteiger partial charge in [-0.15, -0.1) is 5.73 Å². The average Bonchev–Trinajstić information content (AvgIpc) is 3.40. The second-order valence-corrected chi connectivity index (χ2v) is 11.1. The number of H-pyrrole nitrogens is 1. The maximum Gasteiger partial charge on any atom is 0.322 e. The van der Waals surface area contributed by atoms with Gasteiger partial charge in [-0.25, -0.2) is 0 Å². The molecule has 0 saturated carbocycles. The predicted octanol–water partition coefficient (Wildman–Crippen LogP) is -1.37. The van der Waals surface area contributed by atoms with E-state index in [1.807, 2.05) is 35.8 Å². The number of carboxylic acids is 1. The van der Waals surface area contributed by atoms with Crippen molar-refractivity contribution in [2.24, 2.45) is 5.73 Å². The molecule has 0 radical (unpaired) electrons. The highest BCUT2D eigenvalue weighted by atomic mass is 32.2. The van der Waals surface area contributed by atoms with Crippen molar-refractivity contribution in [3.8, 4) is 0 Å². The van der Waals surface area contributed by atoms with Gasteiger partial charge in [0.1, 0.15) is 24.7 Å². The van der Waals surface area contributed by atoms with Crippen LogP contribution in [0.15, 0.2) is 48.8 Å². The first-order valence-corrected chi connectivity index (χ1v) is 15.1. The molecule has 0 spiro atoms. The standard InChI is InChI=1S/C29H39N7O8S/c1-4-7-16(2)33-23(15-45-14-18-11-31-20-9-6-5-8-19(18)20)29(44)36-22(13-37)28(43)34-17(3)26(41)35-21(10-24(30)38)27(42)32-12-25(39)40/h5-9,11,16-17,21-23,31,33,37H,1,10,12-15H2,2-3H3,(H2,30,38)(H,32,42)(H,34,43)(H,35,41)(H,36,44)(H,39,40)/t16?,17-,21?,22?,23-/m0/s1. The van der Waals surface area contributed by atoms with E-state index < -0.39 is 79.2 Å². The molecule has 0 aliphatic carbocycles. The maximum atomic E-state index is 13.3. The highest BCUT2D eigenvalue weighted by Crippen LogP contribution is 2.22. The molecule has 10 N–H and O–H groups in total. The van der Waals surface area contributed by atoms with E-state index in [4.69, 9.17) is 10.8 Å². The molecule has 5 atom stereocenters. The Hall–Kier alpha value is -4.63. The molecular weight excluding hydrogens is 606 g/mol. The van der Waals surface area contributed by atoms with Crippen LogP contribution >= 0.6 is 11.8 Å². The van der Waals surface area contributed by atoms with Gasteiger partial charge in [0.15, 0.2) is 0 Å².